The predicted molar refractivity (Wildman–Crippen MR) is 144 cm³/mol. The number of nitrogens with zero attached hydrogens (tertiary/aromatic N) is 1. The number of rotatable bonds is 18. The third-order valence-electron chi connectivity index (χ3n) is 5.99. The van der Waals surface area contributed by atoms with Gasteiger partial charge in [-0.3, -0.25) is 24.1 Å². The second kappa shape index (κ2) is 17.7. The highest BCUT2D eigenvalue weighted by atomic mass is 16.5. The van der Waals surface area contributed by atoms with Crippen molar-refractivity contribution in [3.63, 3.8) is 0 Å². The van der Waals surface area contributed by atoms with E-state index in [9.17, 15) is 28.8 Å². The van der Waals surface area contributed by atoms with E-state index in [0.717, 1.165) is 31.1 Å². The zero-order valence-corrected chi connectivity index (χ0v) is 22.5. The highest BCUT2D eigenvalue weighted by Gasteiger charge is 2.29. The molecular formula is C27H39N5O7. The van der Waals surface area contributed by atoms with Crippen molar-refractivity contribution < 1.29 is 33.5 Å². The molecule has 214 valence electrons. The first kappa shape index (κ1) is 31.4. The maximum Gasteiger partial charge on any atom is 0.314 e. The molecule has 2 rings (SSSR count). The summed E-state index contributed by atoms with van der Waals surface area (Å²) >= 11 is 0. The molecule has 1 aromatic carbocycles. The molecule has 1 aliphatic heterocycles. The van der Waals surface area contributed by atoms with Gasteiger partial charge in [0.1, 0.15) is 12.7 Å². The Kier molecular flexibility index (Phi) is 14.2. The molecule has 1 heterocycles. The molecule has 39 heavy (non-hydrogen) atoms. The van der Waals surface area contributed by atoms with E-state index in [2.05, 4.69) is 21.3 Å². The summed E-state index contributed by atoms with van der Waals surface area (Å²) < 4.78 is 5.42. The van der Waals surface area contributed by atoms with Crippen LogP contribution in [0.3, 0.4) is 0 Å². The Morgan fingerprint density at radius 1 is 0.949 bits per heavy atom. The van der Waals surface area contributed by atoms with Crippen LogP contribution in [-0.4, -0.2) is 80.2 Å². The molecule has 0 aromatic heterocycles. The number of likely N-dealkylation sites (tertiary alicyclic amines) is 1. The highest BCUT2D eigenvalue weighted by molar-refractivity contribution is 6.03. The van der Waals surface area contributed by atoms with Gasteiger partial charge < -0.3 is 30.8 Å². The van der Waals surface area contributed by atoms with E-state index >= 15 is 0 Å². The summed E-state index contributed by atoms with van der Waals surface area (Å²) in [5, 5.41) is 10.7. The lowest BCUT2D eigenvalue weighted by Crippen LogP contribution is -2.48. The van der Waals surface area contributed by atoms with Gasteiger partial charge in [0.15, 0.2) is 0 Å². The Hall–Kier alpha value is -3.80. The number of hydrogen-bond donors (Lipinski definition) is 4. The Morgan fingerprint density at radius 3 is 2.31 bits per heavy atom. The summed E-state index contributed by atoms with van der Waals surface area (Å²) in [4.78, 5) is 70.9. The van der Waals surface area contributed by atoms with Gasteiger partial charge in [-0.1, -0.05) is 25.5 Å². The number of urea groups is 1. The summed E-state index contributed by atoms with van der Waals surface area (Å²) in [6.45, 7) is 4.30. The number of nitrogens with one attached hydrogen (secondary N) is 4. The van der Waals surface area contributed by atoms with E-state index in [-0.39, 0.29) is 49.8 Å². The summed E-state index contributed by atoms with van der Waals surface area (Å²) in [5.74, 6) is -1.25. The molecule has 0 aliphatic carbocycles. The van der Waals surface area contributed by atoms with Crippen molar-refractivity contribution >= 4 is 41.6 Å². The van der Waals surface area contributed by atoms with Gasteiger partial charge in [-0.25, -0.2) is 4.79 Å². The first-order valence-electron chi connectivity index (χ1n) is 13.3. The van der Waals surface area contributed by atoms with Gasteiger partial charge in [-0.2, -0.15) is 0 Å². The molecule has 1 aromatic rings. The summed E-state index contributed by atoms with van der Waals surface area (Å²) in [6, 6.07) is 6.42. The molecule has 0 spiro atoms. The molecule has 1 aliphatic rings. The molecule has 0 saturated carbocycles. The zero-order chi connectivity index (χ0) is 28.5. The molecular weight excluding hydrogens is 506 g/mol. The molecule has 1 fully saturated rings. The predicted octanol–water partition coefficient (Wildman–Crippen LogP) is 1.14. The molecule has 0 radical (unpaired) electrons. The molecule has 12 nitrogen and oxygen atoms in total. The van der Waals surface area contributed by atoms with Crippen LogP contribution >= 0.6 is 0 Å². The van der Waals surface area contributed by atoms with E-state index in [1.54, 1.807) is 24.3 Å². The van der Waals surface area contributed by atoms with Crippen molar-refractivity contribution in [2.75, 3.05) is 44.7 Å². The molecule has 6 amide bonds. The second-order valence-electron chi connectivity index (χ2n) is 9.40. The lowest BCUT2D eigenvalue weighted by Gasteiger charge is -2.28. The van der Waals surface area contributed by atoms with Crippen molar-refractivity contribution in [2.45, 2.75) is 51.9 Å². The summed E-state index contributed by atoms with van der Waals surface area (Å²) in [5.41, 5.74) is 1.22. The van der Waals surface area contributed by atoms with Crippen LogP contribution in [-0.2, 0) is 35.1 Å². The van der Waals surface area contributed by atoms with Gasteiger partial charge in [-0.15, -0.1) is 0 Å². The van der Waals surface area contributed by atoms with Crippen LogP contribution < -0.4 is 21.3 Å². The van der Waals surface area contributed by atoms with Gasteiger partial charge in [-0.05, 0) is 37.0 Å². The van der Waals surface area contributed by atoms with Crippen LogP contribution in [0.2, 0.25) is 0 Å². The fourth-order valence-corrected chi connectivity index (χ4v) is 3.63. The molecule has 1 unspecified atom stereocenters. The van der Waals surface area contributed by atoms with E-state index in [4.69, 9.17) is 4.74 Å². The Labute approximate surface area is 228 Å². The molecule has 0 bridgehead atoms. The first-order chi connectivity index (χ1) is 18.8. The standard InChI is InChI=1S/C27H39N5O7/c1-20(19-33)5-2-3-11-29-27(38)30-12-4-15-39-16-13-28-23(34)18-24(35)31-22-8-6-21(7-9-22)17-26(37)32-14-10-25(32)36/h6-9,19-20H,2-5,10-18H2,1H3,(H,28,34)(H,31,35)(H2,29,30,38). The normalized spacial score (nSPS) is 13.2. The minimum atomic E-state index is -0.469. The average molecular weight is 546 g/mol. The van der Waals surface area contributed by atoms with Crippen LogP contribution in [0.5, 0.6) is 0 Å². The van der Waals surface area contributed by atoms with Crippen molar-refractivity contribution in [2.24, 2.45) is 5.92 Å². The van der Waals surface area contributed by atoms with Crippen molar-refractivity contribution in [1.82, 2.24) is 20.9 Å². The highest BCUT2D eigenvalue weighted by Crippen LogP contribution is 2.14. The van der Waals surface area contributed by atoms with Crippen LogP contribution in [0.15, 0.2) is 24.3 Å². The van der Waals surface area contributed by atoms with Crippen LogP contribution in [0.1, 0.15) is 51.0 Å². The lowest BCUT2D eigenvalue weighted by molar-refractivity contribution is -0.152. The smallest absolute Gasteiger partial charge is 0.314 e. The maximum absolute atomic E-state index is 12.1. The van der Waals surface area contributed by atoms with Gasteiger partial charge in [0, 0.05) is 50.8 Å². The molecule has 4 N–H and O–H groups in total. The Morgan fingerprint density at radius 2 is 1.67 bits per heavy atom. The Bertz CT molecular complexity index is 983. The van der Waals surface area contributed by atoms with E-state index in [1.165, 1.54) is 4.90 Å². The van der Waals surface area contributed by atoms with Crippen LogP contribution in [0.4, 0.5) is 10.5 Å². The molecule has 1 saturated heterocycles. The van der Waals surface area contributed by atoms with Crippen molar-refractivity contribution in [3.05, 3.63) is 29.8 Å². The van der Waals surface area contributed by atoms with Gasteiger partial charge in [0.05, 0.1) is 13.0 Å². The summed E-state index contributed by atoms with van der Waals surface area (Å²) in [7, 11) is 0. The lowest BCUT2D eigenvalue weighted by atomic mass is 10.1. The summed E-state index contributed by atoms with van der Waals surface area (Å²) in [6.07, 6.45) is 4.26. The second-order valence-corrected chi connectivity index (χ2v) is 9.40. The van der Waals surface area contributed by atoms with Gasteiger partial charge >= 0.3 is 6.03 Å². The SMILES string of the molecule is CC(C=O)CCCCNC(=O)NCCCOCCNC(=O)CC(=O)Nc1ccc(CC(=O)N2CCC2=O)cc1. The number of carbonyl (C=O) groups is 6. The molecule has 12 heteroatoms. The van der Waals surface area contributed by atoms with E-state index < -0.39 is 11.8 Å². The number of imide groups is 1. The zero-order valence-electron chi connectivity index (χ0n) is 22.5. The van der Waals surface area contributed by atoms with Gasteiger partial charge in [0.25, 0.3) is 0 Å². The third kappa shape index (κ3) is 13.0. The van der Waals surface area contributed by atoms with E-state index in [1.807, 2.05) is 6.92 Å². The number of anilines is 1. The van der Waals surface area contributed by atoms with Crippen LogP contribution in [0, 0.1) is 5.92 Å². The minimum Gasteiger partial charge on any atom is -0.380 e. The number of benzene rings is 1. The number of β-lactam (4-membered cyclic amide) rings is 1. The molecule has 1 atom stereocenters. The number of ether oxygens (including phenoxy) is 1. The number of amides is 6. The first-order valence-corrected chi connectivity index (χ1v) is 13.3. The average Bonchev–Trinajstić information content (AvgIpc) is 2.89. The van der Waals surface area contributed by atoms with Crippen molar-refractivity contribution in [3.8, 4) is 0 Å². The van der Waals surface area contributed by atoms with Crippen LogP contribution in [0.25, 0.3) is 0 Å². The number of aldehydes is 1. The minimum absolute atomic E-state index is 0.0529. The number of carbonyl (C=O) groups excluding carboxylic acids is 6. The largest absolute Gasteiger partial charge is 0.380 e. The number of unbranched alkanes of at least 4 members (excludes halogenated alkanes) is 1. The third-order valence-corrected chi connectivity index (χ3v) is 5.99. The van der Waals surface area contributed by atoms with Crippen molar-refractivity contribution in [1.29, 1.82) is 0 Å². The van der Waals surface area contributed by atoms with Gasteiger partial charge in [0.2, 0.25) is 23.6 Å². The number of hydrogen-bond acceptors (Lipinski definition) is 7. The van der Waals surface area contributed by atoms with E-state index in [0.29, 0.717) is 44.8 Å². The quantitative estimate of drug-likeness (QED) is 0.0930. The topological polar surface area (TPSA) is 163 Å². The fraction of sp³-hybridized carbons (Fsp3) is 0.556. The maximum atomic E-state index is 12.1. The monoisotopic (exact) mass is 545 g/mol. The Balaban J connectivity index is 1.45. The fourth-order valence-electron chi connectivity index (χ4n) is 3.63.